The molecule has 0 spiro atoms. The number of carbonyl (C=O) groups excluding carboxylic acids is 1. The maximum atomic E-state index is 13.0. The zero-order chi connectivity index (χ0) is 23.0. The Bertz CT molecular complexity index is 977. The number of nitrogens with one attached hydrogen (secondary N) is 2. The second-order valence-corrected chi connectivity index (χ2v) is 12.0. The van der Waals surface area contributed by atoms with Crippen LogP contribution in [0.2, 0.25) is 5.02 Å². The fraction of sp³-hybridized carbons (Fsp3) is 0.522. The summed E-state index contributed by atoms with van der Waals surface area (Å²) in [6.07, 6.45) is 5.81. The molecule has 0 radical (unpaired) electrons. The molecule has 1 aromatic carbocycles. The van der Waals surface area contributed by atoms with Crippen molar-refractivity contribution in [3.8, 4) is 0 Å². The van der Waals surface area contributed by atoms with E-state index in [-0.39, 0.29) is 12.5 Å². The first-order chi connectivity index (χ1) is 15.4. The highest BCUT2D eigenvalue weighted by Gasteiger charge is 2.33. The summed E-state index contributed by atoms with van der Waals surface area (Å²) in [5.41, 5.74) is 0.515. The standard InChI is InChI=1S/C23H32ClN3O3S2/c1-2-3-4-5-13-25-15-18-12-14-27(17-18)32(29,30)22-11-10-21(31-22)16-26-23(28)19-6-8-20(24)9-7-19/h6-11,18,25H,2-5,12-17H2,1H3,(H,26,28)/t18-/m0/s1. The number of nitrogens with zero attached hydrogens (tertiary/aromatic N) is 1. The van der Waals surface area contributed by atoms with Crippen molar-refractivity contribution >= 4 is 38.9 Å². The number of rotatable bonds is 12. The Morgan fingerprint density at radius 2 is 1.94 bits per heavy atom. The Morgan fingerprint density at radius 1 is 1.16 bits per heavy atom. The Hall–Kier alpha value is -1.45. The van der Waals surface area contributed by atoms with Gasteiger partial charge in [-0.3, -0.25) is 4.79 Å². The predicted octanol–water partition coefficient (Wildman–Crippen LogP) is 4.51. The molecule has 0 saturated carbocycles. The molecule has 0 bridgehead atoms. The number of sulfonamides is 1. The van der Waals surface area contributed by atoms with Crippen LogP contribution in [0.5, 0.6) is 0 Å². The molecule has 0 unspecified atom stereocenters. The van der Waals surface area contributed by atoms with E-state index in [0.29, 0.717) is 33.8 Å². The number of carbonyl (C=O) groups is 1. The molecule has 1 aliphatic heterocycles. The van der Waals surface area contributed by atoms with E-state index in [1.807, 2.05) is 0 Å². The number of hydrogen-bond donors (Lipinski definition) is 2. The van der Waals surface area contributed by atoms with Gasteiger partial charge in [0.2, 0.25) is 0 Å². The predicted molar refractivity (Wildman–Crippen MR) is 131 cm³/mol. The third-order valence-corrected chi connectivity index (χ3v) is 9.32. The lowest BCUT2D eigenvalue weighted by Crippen LogP contribution is -2.30. The molecule has 1 saturated heterocycles. The highest BCUT2D eigenvalue weighted by atomic mass is 35.5. The maximum Gasteiger partial charge on any atom is 0.252 e. The number of unbranched alkanes of at least 4 members (excludes halogenated alkanes) is 3. The third-order valence-electron chi connectivity index (χ3n) is 5.65. The smallest absolute Gasteiger partial charge is 0.252 e. The zero-order valence-electron chi connectivity index (χ0n) is 18.5. The summed E-state index contributed by atoms with van der Waals surface area (Å²) in [5, 5.41) is 6.88. The van der Waals surface area contributed by atoms with Crippen molar-refractivity contribution in [3.63, 3.8) is 0 Å². The highest BCUT2D eigenvalue weighted by molar-refractivity contribution is 7.91. The van der Waals surface area contributed by atoms with Crippen LogP contribution in [0.3, 0.4) is 0 Å². The van der Waals surface area contributed by atoms with Crippen molar-refractivity contribution < 1.29 is 13.2 Å². The number of halogens is 1. The van der Waals surface area contributed by atoms with Crippen LogP contribution in [0.25, 0.3) is 0 Å². The van der Waals surface area contributed by atoms with Gasteiger partial charge in [-0.05, 0) is 68.2 Å². The van der Waals surface area contributed by atoms with Crippen LogP contribution in [0.1, 0.15) is 54.3 Å². The number of thiophene rings is 1. The molecule has 1 fully saturated rings. The molecule has 1 aliphatic rings. The van der Waals surface area contributed by atoms with Crippen LogP contribution in [-0.2, 0) is 16.6 Å². The molecular weight excluding hydrogens is 466 g/mol. The van der Waals surface area contributed by atoms with Crippen molar-refractivity contribution in [1.82, 2.24) is 14.9 Å². The minimum absolute atomic E-state index is 0.218. The van der Waals surface area contributed by atoms with E-state index in [0.717, 1.165) is 24.4 Å². The van der Waals surface area contributed by atoms with Crippen LogP contribution >= 0.6 is 22.9 Å². The summed E-state index contributed by atoms with van der Waals surface area (Å²) in [6, 6.07) is 10.1. The van der Waals surface area contributed by atoms with Crippen molar-refractivity contribution in [1.29, 1.82) is 0 Å². The topological polar surface area (TPSA) is 78.5 Å². The first-order valence-electron chi connectivity index (χ1n) is 11.2. The van der Waals surface area contributed by atoms with Crippen LogP contribution < -0.4 is 10.6 Å². The van der Waals surface area contributed by atoms with Gasteiger partial charge in [-0.25, -0.2) is 8.42 Å². The van der Waals surface area contributed by atoms with Crippen molar-refractivity contribution in [2.45, 2.75) is 49.8 Å². The summed E-state index contributed by atoms with van der Waals surface area (Å²) < 4.78 is 28.0. The summed E-state index contributed by atoms with van der Waals surface area (Å²) in [6.45, 7) is 5.47. The minimum Gasteiger partial charge on any atom is -0.347 e. The Kier molecular flexibility index (Phi) is 9.55. The SMILES string of the molecule is CCCCCCNC[C@@H]1CCN(S(=O)(=O)c2ccc(CNC(=O)c3ccc(Cl)cc3)s2)C1. The van der Waals surface area contributed by atoms with E-state index in [9.17, 15) is 13.2 Å². The van der Waals surface area contributed by atoms with E-state index in [4.69, 9.17) is 11.6 Å². The summed E-state index contributed by atoms with van der Waals surface area (Å²) >= 11 is 7.07. The molecular formula is C23H32ClN3O3S2. The molecule has 176 valence electrons. The molecule has 0 aliphatic carbocycles. The lowest BCUT2D eigenvalue weighted by Gasteiger charge is -2.16. The molecule has 2 heterocycles. The van der Waals surface area contributed by atoms with Gasteiger partial charge in [-0.1, -0.05) is 37.8 Å². The lowest BCUT2D eigenvalue weighted by atomic mass is 10.1. The van der Waals surface area contributed by atoms with E-state index in [2.05, 4.69) is 17.6 Å². The second kappa shape index (κ2) is 12.1. The van der Waals surface area contributed by atoms with Crippen molar-refractivity contribution in [2.24, 2.45) is 5.92 Å². The minimum atomic E-state index is -3.49. The molecule has 6 nitrogen and oxygen atoms in total. The fourth-order valence-corrected chi connectivity index (χ4v) is 6.86. The normalized spacial score (nSPS) is 17.0. The van der Waals surface area contributed by atoms with Crippen LogP contribution in [0.4, 0.5) is 0 Å². The summed E-state index contributed by atoms with van der Waals surface area (Å²) in [4.78, 5) is 13.1. The van der Waals surface area contributed by atoms with E-state index in [1.54, 1.807) is 40.7 Å². The first-order valence-corrected chi connectivity index (χ1v) is 13.9. The molecule has 9 heteroatoms. The molecule has 1 amide bonds. The van der Waals surface area contributed by atoms with Gasteiger partial charge in [-0.2, -0.15) is 4.31 Å². The molecule has 3 rings (SSSR count). The van der Waals surface area contributed by atoms with E-state index in [1.165, 1.54) is 37.0 Å². The van der Waals surface area contributed by atoms with Gasteiger partial charge >= 0.3 is 0 Å². The first kappa shape index (κ1) is 25.2. The van der Waals surface area contributed by atoms with Gasteiger partial charge in [0.15, 0.2) is 0 Å². The summed E-state index contributed by atoms with van der Waals surface area (Å²) in [7, 11) is -3.49. The van der Waals surface area contributed by atoms with Gasteiger partial charge in [0.1, 0.15) is 4.21 Å². The molecule has 1 aromatic heterocycles. The Balaban J connectivity index is 1.47. The van der Waals surface area contributed by atoms with Gasteiger partial charge in [0.05, 0.1) is 6.54 Å². The second-order valence-electron chi connectivity index (χ2n) is 8.19. The van der Waals surface area contributed by atoms with Crippen LogP contribution in [0, 0.1) is 5.92 Å². The van der Waals surface area contributed by atoms with Crippen molar-refractivity contribution in [2.75, 3.05) is 26.2 Å². The quantitative estimate of drug-likeness (QED) is 0.423. The van der Waals surface area contributed by atoms with Crippen molar-refractivity contribution in [3.05, 3.63) is 51.9 Å². The lowest BCUT2D eigenvalue weighted by molar-refractivity contribution is 0.0951. The molecule has 1 atom stereocenters. The molecule has 2 N–H and O–H groups in total. The molecule has 2 aromatic rings. The average Bonchev–Trinajstić information content (AvgIpc) is 3.45. The van der Waals surface area contributed by atoms with Crippen LogP contribution in [-0.4, -0.2) is 44.8 Å². The van der Waals surface area contributed by atoms with Gasteiger partial charge in [0, 0.05) is 28.6 Å². The Labute approximate surface area is 200 Å². The van der Waals surface area contributed by atoms with E-state index >= 15 is 0 Å². The van der Waals surface area contributed by atoms with Gasteiger partial charge < -0.3 is 10.6 Å². The van der Waals surface area contributed by atoms with Gasteiger partial charge in [-0.15, -0.1) is 11.3 Å². The average molecular weight is 498 g/mol. The highest BCUT2D eigenvalue weighted by Crippen LogP contribution is 2.29. The molecule has 32 heavy (non-hydrogen) atoms. The monoisotopic (exact) mass is 497 g/mol. The largest absolute Gasteiger partial charge is 0.347 e. The van der Waals surface area contributed by atoms with Gasteiger partial charge in [0.25, 0.3) is 15.9 Å². The number of benzene rings is 1. The third kappa shape index (κ3) is 7.02. The fourth-order valence-electron chi connectivity index (χ4n) is 3.75. The zero-order valence-corrected chi connectivity index (χ0v) is 20.9. The Morgan fingerprint density at radius 3 is 2.69 bits per heavy atom. The van der Waals surface area contributed by atoms with E-state index < -0.39 is 10.0 Å². The number of amides is 1. The van der Waals surface area contributed by atoms with Crippen LogP contribution in [0.15, 0.2) is 40.6 Å². The summed E-state index contributed by atoms with van der Waals surface area (Å²) in [5.74, 6) is 0.137. The maximum absolute atomic E-state index is 13.0. The number of hydrogen-bond acceptors (Lipinski definition) is 5.